The molecule has 7 heteroatoms. The van der Waals surface area contributed by atoms with Crippen LogP contribution in [0.1, 0.15) is 19.3 Å². The first-order valence-electron chi connectivity index (χ1n) is 6.06. The van der Waals surface area contributed by atoms with Crippen LogP contribution in [-0.2, 0) is 9.59 Å². The Kier molecular flexibility index (Phi) is 3.96. The summed E-state index contributed by atoms with van der Waals surface area (Å²) in [6, 6.07) is 0.931. The van der Waals surface area contributed by atoms with Gasteiger partial charge in [-0.3, -0.25) is 9.59 Å². The first kappa shape index (κ1) is 14.4. The quantitative estimate of drug-likeness (QED) is 0.897. The van der Waals surface area contributed by atoms with Crippen LogP contribution in [0.5, 0.6) is 0 Å². The van der Waals surface area contributed by atoms with Crippen LogP contribution in [0.4, 0.5) is 18.9 Å². The number of carboxylic acid groups (broad SMARTS) is 1. The van der Waals surface area contributed by atoms with Crippen LogP contribution in [0.25, 0.3) is 0 Å². The van der Waals surface area contributed by atoms with Crippen molar-refractivity contribution in [1.82, 2.24) is 0 Å². The maximum atomic E-state index is 13.4. The molecule has 20 heavy (non-hydrogen) atoms. The van der Waals surface area contributed by atoms with Gasteiger partial charge in [0.1, 0.15) is 11.5 Å². The van der Waals surface area contributed by atoms with Crippen LogP contribution < -0.4 is 5.32 Å². The van der Waals surface area contributed by atoms with Crippen molar-refractivity contribution in [3.8, 4) is 0 Å². The van der Waals surface area contributed by atoms with Gasteiger partial charge in [-0.05, 0) is 19.3 Å². The van der Waals surface area contributed by atoms with Crippen molar-refractivity contribution >= 4 is 17.6 Å². The molecule has 0 radical (unpaired) electrons. The third kappa shape index (κ3) is 2.92. The number of halogens is 3. The highest BCUT2D eigenvalue weighted by molar-refractivity contribution is 5.93. The smallest absolute Gasteiger partial charge is 0.306 e. The average molecular weight is 287 g/mol. The molecular weight excluding hydrogens is 275 g/mol. The Balaban J connectivity index is 2.08. The second-order valence-electron chi connectivity index (χ2n) is 4.78. The van der Waals surface area contributed by atoms with Crippen LogP contribution in [-0.4, -0.2) is 17.0 Å². The van der Waals surface area contributed by atoms with Crippen molar-refractivity contribution in [2.45, 2.75) is 19.3 Å². The lowest BCUT2D eigenvalue weighted by atomic mass is 10.0. The van der Waals surface area contributed by atoms with Gasteiger partial charge in [0.05, 0.1) is 5.92 Å². The molecule has 1 aliphatic carbocycles. The van der Waals surface area contributed by atoms with Crippen molar-refractivity contribution in [3.63, 3.8) is 0 Å². The lowest BCUT2D eigenvalue weighted by molar-refractivity contribution is -0.141. The van der Waals surface area contributed by atoms with E-state index < -0.39 is 46.9 Å². The van der Waals surface area contributed by atoms with Crippen molar-refractivity contribution < 1.29 is 27.9 Å². The van der Waals surface area contributed by atoms with Crippen LogP contribution in [0, 0.1) is 29.3 Å². The van der Waals surface area contributed by atoms with Gasteiger partial charge in [0.25, 0.3) is 0 Å². The zero-order valence-electron chi connectivity index (χ0n) is 10.3. The van der Waals surface area contributed by atoms with E-state index >= 15 is 0 Å². The molecule has 2 N–H and O–H groups in total. The van der Waals surface area contributed by atoms with Crippen LogP contribution in [0.2, 0.25) is 0 Å². The lowest BCUT2D eigenvalue weighted by Gasteiger charge is -2.12. The molecule has 2 atom stereocenters. The summed E-state index contributed by atoms with van der Waals surface area (Å²) in [5.74, 6) is -6.36. The highest BCUT2D eigenvalue weighted by atomic mass is 19.1. The van der Waals surface area contributed by atoms with Gasteiger partial charge in [0, 0.05) is 18.1 Å². The monoisotopic (exact) mass is 287 g/mol. The molecule has 0 aliphatic heterocycles. The Morgan fingerprint density at radius 3 is 2.15 bits per heavy atom. The minimum atomic E-state index is -1.20. The number of aliphatic carboxylic acids is 1. The Hall–Kier alpha value is -2.05. The zero-order chi connectivity index (χ0) is 14.9. The average Bonchev–Trinajstić information content (AvgIpc) is 2.83. The molecule has 1 aliphatic rings. The standard InChI is InChI=1S/C13H12F3NO3/c14-8-4-9(15)11(10(16)5-8)17-12(18)6-1-2-7(3-6)13(19)20/h4-7H,1-3H2,(H,17,18)(H,19,20)/t6-,7+/m1/s1. The first-order valence-corrected chi connectivity index (χ1v) is 6.06. The number of benzene rings is 1. The first-order chi connectivity index (χ1) is 9.38. The zero-order valence-corrected chi connectivity index (χ0v) is 10.3. The van der Waals surface area contributed by atoms with Gasteiger partial charge in [0.2, 0.25) is 5.91 Å². The molecule has 108 valence electrons. The largest absolute Gasteiger partial charge is 0.481 e. The van der Waals surface area contributed by atoms with Crippen molar-refractivity contribution in [3.05, 3.63) is 29.6 Å². The fourth-order valence-corrected chi connectivity index (χ4v) is 2.33. The van der Waals surface area contributed by atoms with E-state index in [2.05, 4.69) is 5.32 Å². The number of hydrogen-bond acceptors (Lipinski definition) is 2. The van der Waals surface area contributed by atoms with Gasteiger partial charge in [-0.2, -0.15) is 0 Å². The van der Waals surface area contributed by atoms with Gasteiger partial charge in [-0.1, -0.05) is 0 Å². The fraction of sp³-hybridized carbons (Fsp3) is 0.385. The summed E-state index contributed by atoms with van der Waals surface area (Å²) in [6.45, 7) is 0. The summed E-state index contributed by atoms with van der Waals surface area (Å²) < 4.78 is 39.5. The van der Waals surface area contributed by atoms with Crippen LogP contribution in [0.3, 0.4) is 0 Å². The van der Waals surface area contributed by atoms with Crippen molar-refractivity contribution in [2.75, 3.05) is 5.32 Å². The molecule has 4 nitrogen and oxygen atoms in total. The van der Waals surface area contributed by atoms with E-state index in [-0.39, 0.29) is 6.42 Å². The molecule has 1 aromatic rings. The van der Waals surface area contributed by atoms with Gasteiger partial charge in [-0.15, -0.1) is 0 Å². The number of rotatable bonds is 3. The fourth-order valence-electron chi connectivity index (χ4n) is 2.33. The summed E-state index contributed by atoms with van der Waals surface area (Å²) >= 11 is 0. The SMILES string of the molecule is O=C(O)[C@H]1CC[C@@H](C(=O)Nc2c(F)cc(F)cc2F)C1. The molecule has 1 aromatic carbocycles. The van der Waals surface area contributed by atoms with E-state index in [1.165, 1.54) is 0 Å². The van der Waals surface area contributed by atoms with Gasteiger partial charge >= 0.3 is 5.97 Å². The van der Waals surface area contributed by atoms with Crippen LogP contribution >= 0.6 is 0 Å². The van der Waals surface area contributed by atoms with E-state index in [0.717, 1.165) is 0 Å². The number of carbonyl (C=O) groups is 2. The van der Waals surface area contributed by atoms with Crippen molar-refractivity contribution in [2.24, 2.45) is 11.8 Å². The molecular formula is C13H12F3NO3. The van der Waals surface area contributed by atoms with E-state index in [4.69, 9.17) is 5.11 Å². The number of carbonyl (C=O) groups excluding carboxylic acids is 1. The number of nitrogens with one attached hydrogen (secondary N) is 1. The van der Waals surface area contributed by atoms with Gasteiger partial charge in [0.15, 0.2) is 11.6 Å². The predicted octanol–water partition coefficient (Wildman–Crippen LogP) is 2.54. The Morgan fingerprint density at radius 1 is 1.10 bits per heavy atom. The molecule has 1 amide bonds. The second-order valence-corrected chi connectivity index (χ2v) is 4.78. The normalized spacial score (nSPS) is 21.8. The van der Waals surface area contributed by atoms with Gasteiger partial charge in [-0.25, -0.2) is 13.2 Å². The third-order valence-corrected chi connectivity index (χ3v) is 3.41. The molecule has 1 saturated carbocycles. The topological polar surface area (TPSA) is 66.4 Å². The summed E-state index contributed by atoms with van der Waals surface area (Å²) in [5.41, 5.74) is -0.713. The molecule has 0 bridgehead atoms. The van der Waals surface area contributed by atoms with Crippen LogP contribution in [0.15, 0.2) is 12.1 Å². The molecule has 1 fully saturated rings. The molecule has 0 spiro atoms. The highest BCUT2D eigenvalue weighted by Gasteiger charge is 2.34. The van der Waals surface area contributed by atoms with E-state index in [1.54, 1.807) is 0 Å². The number of carboxylic acids is 1. The Morgan fingerprint density at radius 2 is 1.65 bits per heavy atom. The molecule has 0 unspecified atom stereocenters. The summed E-state index contributed by atoms with van der Waals surface area (Å²) in [4.78, 5) is 22.6. The van der Waals surface area contributed by atoms with E-state index in [9.17, 15) is 22.8 Å². The summed E-state index contributed by atoms with van der Waals surface area (Å²) in [7, 11) is 0. The summed E-state index contributed by atoms with van der Waals surface area (Å²) in [5, 5.41) is 10.9. The van der Waals surface area contributed by atoms with Crippen molar-refractivity contribution in [1.29, 1.82) is 0 Å². The summed E-state index contributed by atoms with van der Waals surface area (Å²) in [6.07, 6.45) is 0.820. The van der Waals surface area contributed by atoms with E-state index in [1.807, 2.05) is 0 Å². The Bertz CT molecular complexity index is 539. The molecule has 0 saturated heterocycles. The number of hydrogen-bond donors (Lipinski definition) is 2. The predicted molar refractivity (Wildman–Crippen MR) is 63.4 cm³/mol. The highest BCUT2D eigenvalue weighted by Crippen LogP contribution is 2.32. The molecule has 0 heterocycles. The second kappa shape index (κ2) is 5.52. The maximum Gasteiger partial charge on any atom is 0.306 e. The minimum Gasteiger partial charge on any atom is -0.481 e. The lowest BCUT2D eigenvalue weighted by Crippen LogP contribution is -2.23. The van der Waals surface area contributed by atoms with E-state index in [0.29, 0.717) is 25.0 Å². The number of anilines is 1. The Labute approximate surface area is 112 Å². The third-order valence-electron chi connectivity index (χ3n) is 3.41. The minimum absolute atomic E-state index is 0.131. The molecule has 2 rings (SSSR count). The number of amides is 1. The molecule has 0 aromatic heterocycles. The maximum absolute atomic E-state index is 13.4. The van der Waals surface area contributed by atoms with Gasteiger partial charge < -0.3 is 10.4 Å².